The minimum Gasteiger partial charge on any atom is -0.324 e. The molecule has 1 aromatic heterocycles. The minimum absolute atomic E-state index is 0.282. The smallest absolute Gasteiger partial charge is 0.281 e. The van der Waals surface area contributed by atoms with Crippen molar-refractivity contribution in [2.24, 2.45) is 0 Å². The van der Waals surface area contributed by atoms with Gasteiger partial charge in [-0.1, -0.05) is 0 Å². The maximum atomic E-state index is 10.6. The van der Waals surface area contributed by atoms with Gasteiger partial charge in [-0.05, 0) is 0 Å². The Labute approximate surface area is 57.5 Å². The summed E-state index contributed by atoms with van der Waals surface area (Å²) in [5, 5.41) is 0. The highest BCUT2D eigenvalue weighted by Gasteiger charge is 2.07. The molecule has 1 aliphatic heterocycles. The van der Waals surface area contributed by atoms with Gasteiger partial charge in [-0.2, -0.15) is 4.98 Å². The van der Waals surface area contributed by atoms with Crippen LogP contribution in [0.25, 0.3) is 0 Å². The van der Waals surface area contributed by atoms with Crippen LogP contribution in [0.1, 0.15) is 5.82 Å². The standard InChI is InChI=1S/C6H6N3O/c10-6-2-4-9-5(8-6)1-3-7-9/h4,7H,1,3H2. The molecule has 0 fully saturated rings. The molecule has 4 nitrogen and oxygen atoms in total. The van der Waals surface area contributed by atoms with Crippen molar-refractivity contribution in [3.05, 3.63) is 28.4 Å². The van der Waals surface area contributed by atoms with Crippen LogP contribution in [0.2, 0.25) is 0 Å². The summed E-state index contributed by atoms with van der Waals surface area (Å²) in [6, 6.07) is 2.47. The Morgan fingerprint density at radius 3 is 3.60 bits per heavy atom. The molecule has 51 valence electrons. The van der Waals surface area contributed by atoms with E-state index in [1.807, 2.05) is 0 Å². The second-order valence-electron chi connectivity index (χ2n) is 2.13. The van der Waals surface area contributed by atoms with Gasteiger partial charge in [0.05, 0.1) is 6.07 Å². The lowest BCUT2D eigenvalue weighted by Crippen LogP contribution is -2.15. The van der Waals surface area contributed by atoms with E-state index in [4.69, 9.17) is 0 Å². The van der Waals surface area contributed by atoms with E-state index in [0.29, 0.717) is 0 Å². The number of fused-ring (bicyclic) bond motifs is 1. The average molecular weight is 136 g/mol. The zero-order chi connectivity index (χ0) is 6.97. The monoisotopic (exact) mass is 136 g/mol. The van der Waals surface area contributed by atoms with E-state index in [2.05, 4.69) is 16.5 Å². The highest BCUT2D eigenvalue weighted by Crippen LogP contribution is 1.97. The lowest BCUT2D eigenvalue weighted by atomic mass is 10.4. The van der Waals surface area contributed by atoms with E-state index in [-0.39, 0.29) is 5.56 Å². The number of nitrogens with zero attached hydrogens (tertiary/aromatic N) is 2. The number of nitrogens with one attached hydrogen (secondary N) is 1. The molecule has 0 amide bonds. The normalized spacial score (nSPS) is 14.4. The first-order valence-electron chi connectivity index (χ1n) is 3.10. The van der Waals surface area contributed by atoms with E-state index in [9.17, 15) is 4.79 Å². The number of rotatable bonds is 0. The third-order valence-electron chi connectivity index (χ3n) is 1.46. The molecule has 0 atom stereocenters. The Morgan fingerprint density at radius 1 is 1.80 bits per heavy atom. The van der Waals surface area contributed by atoms with Crippen molar-refractivity contribution in [1.29, 1.82) is 0 Å². The van der Waals surface area contributed by atoms with Gasteiger partial charge in [-0.15, -0.1) is 0 Å². The molecule has 10 heavy (non-hydrogen) atoms. The second kappa shape index (κ2) is 1.83. The lowest BCUT2D eigenvalue weighted by molar-refractivity contribution is 0.863. The Morgan fingerprint density at radius 2 is 2.70 bits per heavy atom. The summed E-state index contributed by atoms with van der Waals surface area (Å²) >= 11 is 0. The fraction of sp³-hybridized carbons (Fsp3) is 0.333. The summed E-state index contributed by atoms with van der Waals surface area (Å²) < 4.78 is 1.72. The number of aromatic nitrogens is 2. The van der Waals surface area contributed by atoms with Gasteiger partial charge < -0.3 is 5.43 Å². The molecule has 1 aromatic rings. The van der Waals surface area contributed by atoms with Crippen LogP contribution >= 0.6 is 0 Å². The fourth-order valence-electron chi connectivity index (χ4n) is 0.999. The molecule has 2 rings (SSSR count). The van der Waals surface area contributed by atoms with Crippen molar-refractivity contribution in [1.82, 2.24) is 9.66 Å². The van der Waals surface area contributed by atoms with Gasteiger partial charge in [0.25, 0.3) is 5.56 Å². The van der Waals surface area contributed by atoms with Gasteiger partial charge in [0, 0.05) is 19.2 Å². The molecule has 4 heteroatoms. The van der Waals surface area contributed by atoms with Gasteiger partial charge in [0.1, 0.15) is 5.82 Å². The topological polar surface area (TPSA) is 46.9 Å². The van der Waals surface area contributed by atoms with E-state index < -0.39 is 0 Å². The summed E-state index contributed by atoms with van der Waals surface area (Å²) in [5.41, 5.74) is 2.73. The van der Waals surface area contributed by atoms with E-state index in [0.717, 1.165) is 18.8 Å². The molecule has 1 N–H and O–H groups in total. The van der Waals surface area contributed by atoms with Crippen LogP contribution in [0.15, 0.2) is 11.0 Å². The quantitative estimate of drug-likeness (QED) is 0.505. The molecule has 0 bridgehead atoms. The Kier molecular flexibility index (Phi) is 1.00. The van der Waals surface area contributed by atoms with Gasteiger partial charge in [0.2, 0.25) is 0 Å². The summed E-state index contributed by atoms with van der Waals surface area (Å²) in [7, 11) is 0. The third-order valence-corrected chi connectivity index (χ3v) is 1.46. The average Bonchev–Trinajstić information content (AvgIpc) is 2.33. The van der Waals surface area contributed by atoms with Crippen LogP contribution in [0.5, 0.6) is 0 Å². The van der Waals surface area contributed by atoms with Crippen LogP contribution in [0.4, 0.5) is 0 Å². The minimum atomic E-state index is -0.282. The van der Waals surface area contributed by atoms with Crippen LogP contribution in [-0.4, -0.2) is 16.2 Å². The lowest BCUT2D eigenvalue weighted by Gasteiger charge is -1.99. The molecule has 0 aromatic carbocycles. The maximum absolute atomic E-state index is 10.6. The first kappa shape index (κ1) is 5.46. The molecule has 1 radical (unpaired) electrons. The van der Waals surface area contributed by atoms with E-state index in [1.54, 1.807) is 10.9 Å². The first-order valence-corrected chi connectivity index (χ1v) is 3.10. The van der Waals surface area contributed by atoms with Crippen LogP contribution in [0, 0.1) is 6.07 Å². The first-order chi connectivity index (χ1) is 4.86. The molecular weight excluding hydrogens is 130 g/mol. The van der Waals surface area contributed by atoms with Crippen molar-refractivity contribution in [2.45, 2.75) is 6.42 Å². The predicted molar refractivity (Wildman–Crippen MR) is 35.3 cm³/mol. The molecule has 0 spiro atoms. The Balaban J connectivity index is 2.63. The Bertz CT molecular complexity index is 304. The second-order valence-corrected chi connectivity index (χ2v) is 2.13. The third kappa shape index (κ3) is 0.689. The maximum Gasteiger partial charge on any atom is 0.281 e. The predicted octanol–water partition coefficient (Wildman–Crippen LogP) is -0.857. The van der Waals surface area contributed by atoms with Crippen molar-refractivity contribution in [2.75, 3.05) is 12.0 Å². The molecule has 1 aliphatic rings. The van der Waals surface area contributed by atoms with E-state index in [1.165, 1.54) is 0 Å². The molecule has 0 aliphatic carbocycles. The van der Waals surface area contributed by atoms with Crippen LogP contribution < -0.4 is 11.0 Å². The van der Waals surface area contributed by atoms with Gasteiger partial charge >= 0.3 is 0 Å². The summed E-state index contributed by atoms with van der Waals surface area (Å²) in [5.74, 6) is 0.795. The SMILES string of the molecule is O=c1[c]cn2c(n1)CCN2. The van der Waals surface area contributed by atoms with E-state index >= 15 is 0 Å². The van der Waals surface area contributed by atoms with Crippen LogP contribution in [-0.2, 0) is 6.42 Å². The number of hydrogen-bond donors (Lipinski definition) is 1. The fourth-order valence-corrected chi connectivity index (χ4v) is 0.999. The zero-order valence-corrected chi connectivity index (χ0v) is 5.29. The highest BCUT2D eigenvalue weighted by molar-refractivity contribution is 5.01. The molecule has 0 saturated heterocycles. The molecular formula is C6H6N3O. The number of hydrogen-bond acceptors (Lipinski definition) is 3. The highest BCUT2D eigenvalue weighted by atomic mass is 16.1. The molecule has 2 heterocycles. The van der Waals surface area contributed by atoms with Crippen molar-refractivity contribution < 1.29 is 0 Å². The summed E-state index contributed by atoms with van der Waals surface area (Å²) in [4.78, 5) is 14.4. The van der Waals surface area contributed by atoms with Crippen molar-refractivity contribution >= 4 is 0 Å². The van der Waals surface area contributed by atoms with Crippen molar-refractivity contribution in [3.63, 3.8) is 0 Å². The zero-order valence-electron chi connectivity index (χ0n) is 5.29. The van der Waals surface area contributed by atoms with Crippen molar-refractivity contribution in [3.8, 4) is 0 Å². The summed E-state index contributed by atoms with van der Waals surface area (Å²) in [6.45, 7) is 0.851. The molecule has 0 unspecified atom stereocenters. The van der Waals surface area contributed by atoms with Gasteiger partial charge in [0.15, 0.2) is 0 Å². The molecule has 0 saturated carbocycles. The van der Waals surface area contributed by atoms with Gasteiger partial charge in [-0.3, -0.25) is 9.47 Å². The van der Waals surface area contributed by atoms with Crippen LogP contribution in [0.3, 0.4) is 0 Å². The summed E-state index contributed by atoms with van der Waals surface area (Å²) in [6.07, 6.45) is 2.40. The largest absolute Gasteiger partial charge is 0.324 e. The Hall–Kier alpha value is -1.32. The van der Waals surface area contributed by atoms with Gasteiger partial charge in [-0.25, -0.2) is 0 Å².